The fourth-order valence-electron chi connectivity index (χ4n) is 3.43. The Morgan fingerprint density at radius 1 is 1.07 bits per heavy atom. The quantitative estimate of drug-likeness (QED) is 0.759. The molecule has 0 unspecified atom stereocenters. The lowest BCUT2D eigenvalue weighted by molar-refractivity contribution is 0.0938. The summed E-state index contributed by atoms with van der Waals surface area (Å²) in [5.74, 6) is -0.969. The van der Waals surface area contributed by atoms with E-state index >= 15 is 0 Å². The Hall–Kier alpha value is -2.95. The van der Waals surface area contributed by atoms with Gasteiger partial charge in [0.2, 0.25) is 5.43 Å². The number of rotatable bonds is 3. The average molecular weight is 366 g/mol. The minimum absolute atomic E-state index is 0.00365. The van der Waals surface area contributed by atoms with Gasteiger partial charge in [-0.3, -0.25) is 9.59 Å². The molecule has 1 aromatic heterocycles. The van der Waals surface area contributed by atoms with Gasteiger partial charge in [-0.1, -0.05) is 12.1 Å². The number of nitrogens with zero attached hydrogens (tertiary/aromatic N) is 1. The molecule has 140 valence electrons. The Labute approximate surface area is 157 Å². The fourth-order valence-corrected chi connectivity index (χ4v) is 3.43. The molecule has 1 N–H and O–H groups in total. The summed E-state index contributed by atoms with van der Waals surface area (Å²) in [5.41, 5.74) is 4.55. The van der Waals surface area contributed by atoms with Gasteiger partial charge < -0.3 is 9.88 Å². The van der Waals surface area contributed by atoms with Gasteiger partial charge in [-0.05, 0) is 68.1 Å². The van der Waals surface area contributed by atoms with Crippen LogP contribution in [0.3, 0.4) is 0 Å². The van der Waals surface area contributed by atoms with Crippen molar-refractivity contribution < 1.29 is 9.18 Å². The summed E-state index contributed by atoms with van der Waals surface area (Å²) >= 11 is 0. The van der Waals surface area contributed by atoms with Gasteiger partial charge in [-0.15, -0.1) is 0 Å². The van der Waals surface area contributed by atoms with Crippen molar-refractivity contribution in [3.05, 3.63) is 80.4 Å². The van der Waals surface area contributed by atoms with Gasteiger partial charge in [-0.2, -0.15) is 0 Å². The van der Waals surface area contributed by atoms with Gasteiger partial charge in [0.05, 0.1) is 11.6 Å². The maximum Gasteiger partial charge on any atom is 0.257 e. The largest absolute Gasteiger partial charge is 0.350 e. The summed E-state index contributed by atoms with van der Waals surface area (Å²) in [5, 5.41) is 3.10. The van der Waals surface area contributed by atoms with Crippen molar-refractivity contribution in [1.82, 2.24) is 9.88 Å². The minimum atomic E-state index is -0.503. The van der Waals surface area contributed by atoms with Gasteiger partial charge in [0.1, 0.15) is 11.4 Å². The molecule has 0 saturated heterocycles. The Kier molecular flexibility index (Phi) is 4.87. The second-order valence-electron chi connectivity index (χ2n) is 7.13. The number of fused-ring (bicyclic) bond motifs is 1. The third-order valence-corrected chi connectivity index (χ3v) is 5.09. The normalized spacial score (nSPS) is 12.2. The highest BCUT2D eigenvalue weighted by Gasteiger charge is 2.18. The van der Waals surface area contributed by atoms with E-state index in [4.69, 9.17) is 0 Å². The van der Waals surface area contributed by atoms with Crippen molar-refractivity contribution in [2.24, 2.45) is 7.05 Å². The van der Waals surface area contributed by atoms with E-state index in [0.29, 0.717) is 5.52 Å². The van der Waals surface area contributed by atoms with E-state index in [0.717, 1.165) is 16.7 Å². The third-order valence-electron chi connectivity index (χ3n) is 5.09. The van der Waals surface area contributed by atoms with E-state index in [1.807, 2.05) is 27.7 Å². The molecule has 0 spiro atoms. The van der Waals surface area contributed by atoms with Crippen LogP contribution in [0, 0.1) is 26.6 Å². The van der Waals surface area contributed by atoms with Crippen LogP contribution in [-0.4, -0.2) is 10.5 Å². The lowest BCUT2D eigenvalue weighted by Gasteiger charge is -2.19. The first kappa shape index (κ1) is 18.8. The summed E-state index contributed by atoms with van der Waals surface area (Å²) in [6, 6.07) is 7.89. The first-order chi connectivity index (χ1) is 12.7. The number of halogens is 1. The monoisotopic (exact) mass is 366 g/mol. The van der Waals surface area contributed by atoms with Gasteiger partial charge in [-0.25, -0.2) is 4.39 Å². The maximum absolute atomic E-state index is 13.6. The zero-order valence-corrected chi connectivity index (χ0v) is 16.2. The number of benzene rings is 2. The first-order valence-corrected chi connectivity index (χ1v) is 8.86. The predicted octanol–water partition coefficient (Wildman–Crippen LogP) is 4.09. The van der Waals surface area contributed by atoms with Crippen molar-refractivity contribution in [2.45, 2.75) is 33.7 Å². The Morgan fingerprint density at radius 2 is 1.74 bits per heavy atom. The van der Waals surface area contributed by atoms with Crippen molar-refractivity contribution in [2.75, 3.05) is 0 Å². The Bertz CT molecular complexity index is 1120. The SMILES string of the molecule is Cc1cc(C)c([C@@H](C)NC(=O)c2cn(C)c3ccc(F)cc3c2=O)cc1C. The highest BCUT2D eigenvalue weighted by Crippen LogP contribution is 2.22. The zero-order valence-electron chi connectivity index (χ0n) is 16.2. The van der Waals surface area contributed by atoms with Gasteiger partial charge in [0.25, 0.3) is 5.91 Å². The van der Waals surface area contributed by atoms with E-state index in [1.165, 1.54) is 30.0 Å². The lowest BCUT2D eigenvalue weighted by atomic mass is 9.96. The van der Waals surface area contributed by atoms with Crippen LogP contribution in [0.15, 0.2) is 41.3 Å². The number of pyridine rings is 1. The molecule has 0 aliphatic heterocycles. The molecular formula is C22H23FN2O2. The molecule has 0 fully saturated rings. The number of hydrogen-bond donors (Lipinski definition) is 1. The maximum atomic E-state index is 13.6. The van der Waals surface area contributed by atoms with Crippen LogP contribution in [0.25, 0.3) is 10.9 Å². The van der Waals surface area contributed by atoms with E-state index in [1.54, 1.807) is 11.6 Å². The van der Waals surface area contributed by atoms with Crippen LogP contribution >= 0.6 is 0 Å². The predicted molar refractivity (Wildman–Crippen MR) is 106 cm³/mol. The van der Waals surface area contributed by atoms with E-state index < -0.39 is 17.2 Å². The van der Waals surface area contributed by atoms with Crippen LogP contribution in [0.2, 0.25) is 0 Å². The van der Waals surface area contributed by atoms with Gasteiger partial charge in [0, 0.05) is 18.6 Å². The van der Waals surface area contributed by atoms with Crippen LogP contribution in [0.4, 0.5) is 4.39 Å². The molecule has 0 radical (unpaired) electrons. The Balaban J connectivity index is 1.98. The van der Waals surface area contributed by atoms with E-state index in [2.05, 4.69) is 17.4 Å². The van der Waals surface area contributed by atoms with Crippen molar-refractivity contribution >= 4 is 16.8 Å². The molecule has 2 aromatic carbocycles. The third kappa shape index (κ3) is 3.50. The molecule has 1 heterocycles. The highest BCUT2D eigenvalue weighted by molar-refractivity contribution is 5.97. The number of amides is 1. The van der Waals surface area contributed by atoms with Crippen molar-refractivity contribution in [3.8, 4) is 0 Å². The van der Waals surface area contributed by atoms with E-state index in [-0.39, 0.29) is 17.0 Å². The second-order valence-corrected chi connectivity index (χ2v) is 7.13. The average Bonchev–Trinajstić information content (AvgIpc) is 2.60. The number of carbonyl (C=O) groups excluding carboxylic acids is 1. The van der Waals surface area contributed by atoms with Crippen molar-refractivity contribution in [1.29, 1.82) is 0 Å². The summed E-state index contributed by atoms with van der Waals surface area (Å²) < 4.78 is 15.2. The number of aryl methyl sites for hydroxylation is 4. The summed E-state index contributed by atoms with van der Waals surface area (Å²) in [4.78, 5) is 25.5. The molecule has 3 rings (SSSR count). The highest BCUT2D eigenvalue weighted by atomic mass is 19.1. The Morgan fingerprint density at radius 3 is 2.44 bits per heavy atom. The molecule has 1 atom stereocenters. The number of carbonyl (C=O) groups is 1. The molecule has 0 aliphatic carbocycles. The molecule has 0 saturated carbocycles. The topological polar surface area (TPSA) is 51.1 Å². The number of hydrogen-bond acceptors (Lipinski definition) is 2. The molecule has 0 bridgehead atoms. The standard InChI is InChI=1S/C22H23FN2O2/c1-12-8-14(3)17(9-13(12)2)15(4)24-22(27)19-11-25(5)20-7-6-16(23)10-18(20)21(19)26/h6-11,15H,1-5H3,(H,24,27)/t15-/m1/s1. The van der Waals surface area contributed by atoms with Crippen molar-refractivity contribution in [3.63, 3.8) is 0 Å². The first-order valence-electron chi connectivity index (χ1n) is 8.86. The van der Waals surface area contributed by atoms with E-state index in [9.17, 15) is 14.0 Å². The number of aromatic nitrogens is 1. The summed E-state index contributed by atoms with van der Waals surface area (Å²) in [6.45, 7) is 7.97. The number of nitrogens with one attached hydrogen (secondary N) is 1. The van der Waals surface area contributed by atoms with Gasteiger partial charge >= 0.3 is 0 Å². The molecule has 0 aliphatic rings. The summed E-state index contributed by atoms with van der Waals surface area (Å²) in [6.07, 6.45) is 1.50. The minimum Gasteiger partial charge on any atom is -0.350 e. The molecule has 5 heteroatoms. The smallest absolute Gasteiger partial charge is 0.257 e. The molecule has 27 heavy (non-hydrogen) atoms. The molecular weight excluding hydrogens is 343 g/mol. The zero-order chi connectivity index (χ0) is 19.9. The van der Waals surface area contributed by atoms with Crippen LogP contribution in [0.1, 0.15) is 45.6 Å². The molecule has 4 nitrogen and oxygen atoms in total. The van der Waals surface area contributed by atoms with Crippen LogP contribution in [0.5, 0.6) is 0 Å². The summed E-state index contributed by atoms with van der Waals surface area (Å²) in [7, 11) is 1.73. The van der Waals surface area contributed by atoms with Gasteiger partial charge in [0.15, 0.2) is 0 Å². The molecule has 3 aromatic rings. The van der Waals surface area contributed by atoms with Crippen LogP contribution in [-0.2, 0) is 7.05 Å². The lowest BCUT2D eigenvalue weighted by Crippen LogP contribution is -2.32. The fraction of sp³-hybridized carbons (Fsp3) is 0.273. The second kappa shape index (κ2) is 6.99. The molecule has 1 amide bonds. The van der Waals surface area contributed by atoms with Crippen LogP contribution < -0.4 is 10.7 Å².